The largest absolute Gasteiger partial charge is 0.394 e. The molecule has 2 N–H and O–H groups in total. The summed E-state index contributed by atoms with van der Waals surface area (Å²) in [5.41, 5.74) is 0.587. The number of benzene rings is 1. The van der Waals surface area contributed by atoms with Crippen molar-refractivity contribution in [3.05, 3.63) is 27.7 Å². The van der Waals surface area contributed by atoms with E-state index < -0.39 is 0 Å². The molecule has 5 nitrogen and oxygen atoms in total. The zero-order valence-electron chi connectivity index (χ0n) is 11.7. The van der Waals surface area contributed by atoms with Crippen LogP contribution >= 0.6 is 27.5 Å². The monoisotopic (exact) mass is 376 g/mol. The van der Waals surface area contributed by atoms with E-state index >= 15 is 0 Å². The van der Waals surface area contributed by atoms with Crippen LogP contribution in [0.5, 0.6) is 0 Å². The van der Waals surface area contributed by atoms with Crippen LogP contribution < -0.4 is 5.32 Å². The van der Waals surface area contributed by atoms with Crippen molar-refractivity contribution in [2.45, 2.75) is 19.1 Å². The highest BCUT2D eigenvalue weighted by molar-refractivity contribution is 9.10. The molecule has 0 radical (unpaired) electrons. The fourth-order valence-corrected chi connectivity index (χ4v) is 2.89. The molecule has 0 aliphatic carbocycles. The molecule has 1 aromatic carbocycles. The molecular formula is C14H18BrClN2O3. The molecule has 21 heavy (non-hydrogen) atoms. The maximum Gasteiger partial charge on any atom is 0.238 e. The minimum absolute atomic E-state index is 0.0383. The van der Waals surface area contributed by atoms with Crippen LogP contribution in [0.4, 0.5) is 5.69 Å². The number of aliphatic hydroxyl groups is 1. The van der Waals surface area contributed by atoms with Crippen molar-refractivity contribution in [2.24, 2.45) is 0 Å². The van der Waals surface area contributed by atoms with Crippen molar-refractivity contribution >= 4 is 39.1 Å². The fourth-order valence-electron chi connectivity index (χ4n) is 2.17. The minimum atomic E-state index is -0.231. The molecule has 0 saturated carbocycles. The van der Waals surface area contributed by atoms with Crippen molar-refractivity contribution in [3.8, 4) is 0 Å². The molecule has 2 atom stereocenters. The summed E-state index contributed by atoms with van der Waals surface area (Å²) >= 11 is 9.40. The molecule has 2 unspecified atom stereocenters. The van der Waals surface area contributed by atoms with Gasteiger partial charge < -0.3 is 15.2 Å². The average Bonchev–Trinajstić information content (AvgIpc) is 2.44. The van der Waals surface area contributed by atoms with E-state index in [1.165, 1.54) is 0 Å². The highest BCUT2D eigenvalue weighted by atomic mass is 79.9. The number of carbonyl (C=O) groups is 1. The number of ether oxygens (including phenoxy) is 1. The number of rotatable bonds is 4. The lowest BCUT2D eigenvalue weighted by Crippen LogP contribution is -2.51. The van der Waals surface area contributed by atoms with Crippen molar-refractivity contribution in [2.75, 3.05) is 31.6 Å². The molecule has 1 fully saturated rings. The van der Waals surface area contributed by atoms with E-state index in [1.54, 1.807) is 12.1 Å². The summed E-state index contributed by atoms with van der Waals surface area (Å²) in [7, 11) is 0. The van der Waals surface area contributed by atoms with E-state index in [-0.39, 0.29) is 31.2 Å². The Hall–Kier alpha value is -0.660. The minimum Gasteiger partial charge on any atom is -0.394 e. The van der Waals surface area contributed by atoms with E-state index in [0.717, 1.165) is 4.47 Å². The Kier molecular flexibility index (Phi) is 6.01. The maximum atomic E-state index is 12.1. The Balaban J connectivity index is 1.94. The molecule has 1 aliphatic heterocycles. The first-order chi connectivity index (χ1) is 9.99. The van der Waals surface area contributed by atoms with Gasteiger partial charge in [0, 0.05) is 17.1 Å². The number of halogens is 2. The van der Waals surface area contributed by atoms with Gasteiger partial charge in [-0.3, -0.25) is 9.69 Å². The van der Waals surface area contributed by atoms with Crippen molar-refractivity contribution in [1.29, 1.82) is 0 Å². The molecule has 1 aromatic rings. The SMILES string of the molecule is CC1COC(CO)CN1CC(=O)Nc1ccc(Br)cc1Cl. The Labute approximate surface area is 137 Å². The molecule has 0 aromatic heterocycles. The van der Waals surface area contributed by atoms with Crippen LogP contribution in [0.3, 0.4) is 0 Å². The Morgan fingerprint density at radius 1 is 1.62 bits per heavy atom. The molecular weight excluding hydrogens is 360 g/mol. The number of nitrogens with one attached hydrogen (secondary N) is 1. The second kappa shape index (κ2) is 7.56. The highest BCUT2D eigenvalue weighted by Crippen LogP contribution is 2.25. The number of morpholine rings is 1. The molecule has 7 heteroatoms. The normalized spacial score (nSPS) is 23.0. The predicted octanol–water partition coefficient (Wildman–Crippen LogP) is 2.12. The van der Waals surface area contributed by atoms with E-state index in [2.05, 4.69) is 21.2 Å². The van der Waals surface area contributed by atoms with Crippen molar-refractivity contribution in [3.63, 3.8) is 0 Å². The highest BCUT2D eigenvalue weighted by Gasteiger charge is 2.27. The number of anilines is 1. The number of carbonyl (C=O) groups excluding carboxylic acids is 1. The van der Waals surface area contributed by atoms with Gasteiger partial charge in [-0.2, -0.15) is 0 Å². The summed E-state index contributed by atoms with van der Waals surface area (Å²) in [5, 5.41) is 12.4. The maximum absolute atomic E-state index is 12.1. The lowest BCUT2D eigenvalue weighted by molar-refractivity contribution is -0.122. The molecule has 2 rings (SSSR count). The third kappa shape index (κ3) is 4.66. The number of nitrogens with zero attached hydrogens (tertiary/aromatic N) is 1. The molecule has 1 aliphatic rings. The van der Waals surface area contributed by atoms with Gasteiger partial charge in [0.05, 0.1) is 36.6 Å². The van der Waals surface area contributed by atoms with E-state index in [4.69, 9.17) is 21.4 Å². The fraction of sp³-hybridized carbons (Fsp3) is 0.500. The van der Waals surface area contributed by atoms with Gasteiger partial charge >= 0.3 is 0 Å². The predicted molar refractivity (Wildman–Crippen MR) is 85.6 cm³/mol. The van der Waals surface area contributed by atoms with Crippen LogP contribution in [-0.4, -0.2) is 54.4 Å². The van der Waals surface area contributed by atoms with E-state index in [9.17, 15) is 4.79 Å². The number of hydrogen-bond acceptors (Lipinski definition) is 4. The lowest BCUT2D eigenvalue weighted by atomic mass is 10.2. The summed E-state index contributed by atoms with van der Waals surface area (Å²) in [4.78, 5) is 14.1. The first kappa shape index (κ1) is 16.7. The summed E-state index contributed by atoms with van der Waals surface area (Å²) < 4.78 is 6.31. The molecule has 0 spiro atoms. The van der Waals surface area contributed by atoms with Crippen LogP contribution in [0.25, 0.3) is 0 Å². The van der Waals surface area contributed by atoms with Gasteiger partial charge in [-0.05, 0) is 25.1 Å². The van der Waals surface area contributed by atoms with Gasteiger partial charge in [0.2, 0.25) is 5.91 Å². The number of aliphatic hydroxyl groups excluding tert-OH is 1. The first-order valence-corrected chi connectivity index (χ1v) is 7.88. The number of hydrogen-bond donors (Lipinski definition) is 2. The zero-order chi connectivity index (χ0) is 15.4. The third-order valence-corrected chi connectivity index (χ3v) is 4.20. The second-order valence-electron chi connectivity index (χ2n) is 5.09. The first-order valence-electron chi connectivity index (χ1n) is 6.71. The number of amides is 1. The molecule has 0 bridgehead atoms. The third-order valence-electron chi connectivity index (χ3n) is 3.39. The quantitative estimate of drug-likeness (QED) is 0.844. The summed E-state index contributed by atoms with van der Waals surface area (Å²) in [6.07, 6.45) is -0.231. The van der Waals surface area contributed by atoms with E-state index in [1.807, 2.05) is 17.9 Å². The van der Waals surface area contributed by atoms with Crippen LogP contribution in [0, 0.1) is 0 Å². The van der Waals surface area contributed by atoms with Crippen LogP contribution in [0.2, 0.25) is 5.02 Å². The van der Waals surface area contributed by atoms with Crippen LogP contribution in [0.1, 0.15) is 6.92 Å². The van der Waals surface area contributed by atoms with Gasteiger partial charge in [-0.25, -0.2) is 0 Å². The van der Waals surface area contributed by atoms with Crippen LogP contribution in [-0.2, 0) is 9.53 Å². The summed E-state index contributed by atoms with van der Waals surface area (Å²) in [5.74, 6) is -0.135. The van der Waals surface area contributed by atoms with Gasteiger partial charge in [-0.15, -0.1) is 0 Å². The van der Waals surface area contributed by atoms with Gasteiger partial charge in [-0.1, -0.05) is 27.5 Å². The lowest BCUT2D eigenvalue weighted by Gasteiger charge is -2.36. The van der Waals surface area contributed by atoms with E-state index in [0.29, 0.717) is 23.9 Å². The molecule has 1 saturated heterocycles. The van der Waals surface area contributed by atoms with Gasteiger partial charge in [0.25, 0.3) is 0 Å². The molecule has 1 heterocycles. The Morgan fingerprint density at radius 3 is 3.05 bits per heavy atom. The molecule has 116 valence electrons. The Morgan fingerprint density at radius 2 is 2.38 bits per heavy atom. The average molecular weight is 378 g/mol. The summed E-state index contributed by atoms with van der Waals surface area (Å²) in [6.45, 7) is 3.25. The van der Waals surface area contributed by atoms with Gasteiger partial charge in [0.15, 0.2) is 0 Å². The second-order valence-corrected chi connectivity index (χ2v) is 6.41. The summed E-state index contributed by atoms with van der Waals surface area (Å²) in [6, 6.07) is 5.44. The smallest absolute Gasteiger partial charge is 0.238 e. The topological polar surface area (TPSA) is 61.8 Å². The zero-order valence-corrected chi connectivity index (χ0v) is 14.0. The van der Waals surface area contributed by atoms with Gasteiger partial charge in [0.1, 0.15) is 0 Å². The van der Waals surface area contributed by atoms with Crippen molar-refractivity contribution in [1.82, 2.24) is 4.90 Å². The molecule has 1 amide bonds. The van der Waals surface area contributed by atoms with Crippen molar-refractivity contribution < 1.29 is 14.6 Å². The standard InChI is InChI=1S/C14H18BrClN2O3/c1-9-8-21-11(7-19)5-18(9)6-14(20)17-13-3-2-10(15)4-12(13)16/h2-4,9,11,19H,5-8H2,1H3,(H,17,20). The van der Waals surface area contributed by atoms with Crippen LogP contribution in [0.15, 0.2) is 22.7 Å². The Bertz CT molecular complexity index is 515.